The normalized spacial score (nSPS) is 20.0. The zero-order valence-corrected chi connectivity index (χ0v) is 14.6. The lowest BCUT2D eigenvalue weighted by Crippen LogP contribution is -2.54. The van der Waals surface area contributed by atoms with Crippen molar-refractivity contribution in [1.82, 2.24) is 4.90 Å². The lowest BCUT2D eigenvalue weighted by molar-refractivity contribution is -0.0825. The fourth-order valence-electron chi connectivity index (χ4n) is 3.18. The summed E-state index contributed by atoms with van der Waals surface area (Å²) < 4.78 is 38.9. The molecule has 0 aromatic heterocycles. The molecule has 1 saturated heterocycles. The van der Waals surface area contributed by atoms with E-state index in [4.69, 9.17) is 9.47 Å². The predicted molar refractivity (Wildman–Crippen MR) is 93.2 cm³/mol. The largest absolute Gasteiger partial charge is 0.491 e. The Hall–Kier alpha value is -2.47. The number of likely N-dealkylation sites (tertiary alicyclic amines) is 1. The molecule has 3 rings (SSSR count). The third kappa shape index (κ3) is 4.02. The van der Waals surface area contributed by atoms with Gasteiger partial charge in [0.1, 0.15) is 29.6 Å². The molecule has 2 aromatic rings. The molecule has 1 amide bonds. The van der Waals surface area contributed by atoms with Gasteiger partial charge in [0.05, 0.1) is 12.1 Å². The van der Waals surface area contributed by atoms with E-state index in [2.05, 4.69) is 0 Å². The summed E-state index contributed by atoms with van der Waals surface area (Å²) >= 11 is 0. The van der Waals surface area contributed by atoms with E-state index in [-0.39, 0.29) is 18.7 Å². The van der Waals surface area contributed by atoms with E-state index >= 15 is 0 Å². The van der Waals surface area contributed by atoms with Gasteiger partial charge in [0.15, 0.2) is 0 Å². The summed E-state index contributed by atoms with van der Waals surface area (Å²) in [6.45, 7) is 0.985. The van der Waals surface area contributed by atoms with E-state index in [0.29, 0.717) is 25.1 Å². The highest BCUT2D eigenvalue weighted by Gasteiger charge is 2.39. The summed E-state index contributed by atoms with van der Waals surface area (Å²) in [7, 11) is 1.57. The van der Waals surface area contributed by atoms with Crippen molar-refractivity contribution < 1.29 is 23.0 Å². The third-order valence-corrected chi connectivity index (χ3v) is 4.66. The number of hydrogen-bond acceptors (Lipinski definition) is 3. The molecule has 0 saturated carbocycles. The van der Waals surface area contributed by atoms with Crippen LogP contribution in [0.1, 0.15) is 23.2 Å². The molecule has 1 fully saturated rings. The van der Waals surface area contributed by atoms with Crippen LogP contribution in [0.3, 0.4) is 0 Å². The molecule has 6 heteroatoms. The van der Waals surface area contributed by atoms with Crippen molar-refractivity contribution in [1.29, 1.82) is 0 Å². The number of carbonyl (C=O) groups excluding carboxylic acids is 1. The average Bonchev–Trinajstić information content (AvgIpc) is 2.69. The van der Waals surface area contributed by atoms with Crippen molar-refractivity contribution >= 4 is 5.91 Å². The molecule has 1 aliphatic heterocycles. The Morgan fingerprint density at radius 3 is 2.69 bits per heavy atom. The molecule has 1 aliphatic rings. The van der Waals surface area contributed by atoms with Crippen LogP contribution >= 0.6 is 0 Å². The molecule has 0 aliphatic carbocycles. The van der Waals surface area contributed by atoms with Crippen LogP contribution in [0, 0.1) is 11.6 Å². The number of benzene rings is 2. The monoisotopic (exact) mass is 361 g/mol. The van der Waals surface area contributed by atoms with Gasteiger partial charge in [-0.15, -0.1) is 0 Å². The Morgan fingerprint density at radius 2 is 1.96 bits per heavy atom. The third-order valence-electron chi connectivity index (χ3n) is 4.66. The topological polar surface area (TPSA) is 38.8 Å². The van der Waals surface area contributed by atoms with Gasteiger partial charge in [-0.05, 0) is 43.2 Å². The van der Waals surface area contributed by atoms with Crippen LogP contribution < -0.4 is 4.74 Å². The summed E-state index contributed by atoms with van der Waals surface area (Å²) in [6, 6.07) is 12.2. The molecule has 1 atom stereocenters. The van der Waals surface area contributed by atoms with E-state index in [1.165, 1.54) is 4.90 Å². The summed E-state index contributed by atoms with van der Waals surface area (Å²) in [4.78, 5) is 14.2. The lowest BCUT2D eigenvalue weighted by atomic mass is 9.92. The second-order valence-electron chi connectivity index (χ2n) is 6.44. The molecule has 138 valence electrons. The molecule has 26 heavy (non-hydrogen) atoms. The molecular formula is C20H21F2NO3. The number of carbonyl (C=O) groups is 1. The van der Waals surface area contributed by atoms with Gasteiger partial charge >= 0.3 is 0 Å². The summed E-state index contributed by atoms with van der Waals surface area (Å²) in [5.74, 6) is -1.20. The first-order valence-corrected chi connectivity index (χ1v) is 8.50. The van der Waals surface area contributed by atoms with E-state index in [1.807, 2.05) is 30.3 Å². The van der Waals surface area contributed by atoms with Crippen molar-refractivity contribution in [2.45, 2.75) is 18.4 Å². The maximum absolute atomic E-state index is 13.9. The van der Waals surface area contributed by atoms with Crippen LogP contribution in [-0.2, 0) is 4.74 Å². The van der Waals surface area contributed by atoms with Gasteiger partial charge in [-0.1, -0.05) is 18.2 Å². The SMILES string of the molecule is COC1(COc2ccccc2)CCCN(C(=O)c2cc(F)ccc2F)C1. The number of rotatable bonds is 5. The fraction of sp³-hybridized carbons (Fsp3) is 0.350. The molecule has 1 heterocycles. The standard InChI is InChI=1S/C20H21F2NO3/c1-25-20(14-26-16-6-3-2-4-7-16)10-5-11-23(13-20)19(24)17-12-15(21)8-9-18(17)22/h2-4,6-9,12H,5,10-11,13-14H2,1H3. The predicted octanol–water partition coefficient (Wildman–Crippen LogP) is 3.67. The first kappa shape index (κ1) is 18.3. The Labute approximate surface area is 151 Å². The minimum atomic E-state index is -0.731. The van der Waals surface area contributed by atoms with Crippen molar-refractivity contribution in [3.05, 3.63) is 65.7 Å². The van der Waals surface area contributed by atoms with Crippen molar-refractivity contribution in [2.75, 3.05) is 26.8 Å². The zero-order chi connectivity index (χ0) is 18.6. The van der Waals surface area contributed by atoms with Gasteiger partial charge in [0.25, 0.3) is 5.91 Å². The minimum Gasteiger partial charge on any atom is -0.491 e. The van der Waals surface area contributed by atoms with Gasteiger partial charge in [-0.2, -0.15) is 0 Å². The lowest BCUT2D eigenvalue weighted by Gasteiger charge is -2.41. The van der Waals surface area contributed by atoms with Crippen molar-refractivity contribution in [3.8, 4) is 5.75 Å². The van der Waals surface area contributed by atoms with Crippen LogP contribution in [0.25, 0.3) is 0 Å². The highest BCUT2D eigenvalue weighted by atomic mass is 19.1. The summed E-state index contributed by atoms with van der Waals surface area (Å²) in [5, 5.41) is 0. The number of halogens is 2. The Bertz CT molecular complexity index is 769. The first-order valence-electron chi connectivity index (χ1n) is 8.50. The Kier molecular flexibility index (Phi) is 5.52. The summed E-state index contributed by atoms with van der Waals surface area (Å²) in [5.41, 5.74) is -0.950. The quantitative estimate of drug-likeness (QED) is 0.816. The molecule has 0 N–H and O–H groups in total. The van der Waals surface area contributed by atoms with Crippen molar-refractivity contribution in [2.24, 2.45) is 0 Å². The second-order valence-corrected chi connectivity index (χ2v) is 6.44. The second kappa shape index (κ2) is 7.83. The van der Waals surface area contributed by atoms with Crippen LogP contribution in [0.2, 0.25) is 0 Å². The average molecular weight is 361 g/mol. The molecule has 0 spiro atoms. The van der Waals surface area contributed by atoms with Crippen LogP contribution in [0.4, 0.5) is 8.78 Å². The van der Waals surface area contributed by atoms with E-state index < -0.39 is 23.1 Å². The van der Waals surface area contributed by atoms with Gasteiger partial charge in [-0.3, -0.25) is 4.79 Å². The number of piperidine rings is 1. The van der Waals surface area contributed by atoms with Gasteiger partial charge < -0.3 is 14.4 Å². The summed E-state index contributed by atoms with van der Waals surface area (Å²) in [6.07, 6.45) is 1.40. The number of hydrogen-bond donors (Lipinski definition) is 0. The molecule has 0 bridgehead atoms. The van der Waals surface area contributed by atoms with Gasteiger partial charge in [-0.25, -0.2) is 8.78 Å². The zero-order valence-electron chi connectivity index (χ0n) is 14.6. The molecule has 0 radical (unpaired) electrons. The van der Waals surface area contributed by atoms with Gasteiger partial charge in [0, 0.05) is 13.7 Å². The van der Waals surface area contributed by atoms with Crippen LogP contribution in [0.15, 0.2) is 48.5 Å². The van der Waals surface area contributed by atoms with Gasteiger partial charge in [0.2, 0.25) is 0 Å². The maximum atomic E-state index is 13.9. The van der Waals surface area contributed by atoms with Crippen LogP contribution in [0.5, 0.6) is 5.75 Å². The minimum absolute atomic E-state index is 0.255. The number of nitrogens with zero attached hydrogens (tertiary/aromatic N) is 1. The molecule has 1 unspecified atom stereocenters. The molecular weight excluding hydrogens is 340 g/mol. The number of amides is 1. The van der Waals surface area contributed by atoms with E-state index in [1.54, 1.807) is 7.11 Å². The highest BCUT2D eigenvalue weighted by molar-refractivity contribution is 5.94. The number of para-hydroxylation sites is 1. The molecule has 2 aromatic carbocycles. The fourth-order valence-corrected chi connectivity index (χ4v) is 3.18. The van der Waals surface area contributed by atoms with E-state index in [0.717, 1.165) is 18.2 Å². The molecule has 4 nitrogen and oxygen atoms in total. The van der Waals surface area contributed by atoms with E-state index in [9.17, 15) is 13.6 Å². The number of ether oxygens (including phenoxy) is 2. The highest BCUT2D eigenvalue weighted by Crippen LogP contribution is 2.27. The van der Waals surface area contributed by atoms with Crippen LogP contribution in [-0.4, -0.2) is 43.2 Å². The Morgan fingerprint density at radius 1 is 1.19 bits per heavy atom. The first-order chi connectivity index (χ1) is 12.5. The van der Waals surface area contributed by atoms with Crippen molar-refractivity contribution in [3.63, 3.8) is 0 Å². The maximum Gasteiger partial charge on any atom is 0.257 e. The number of methoxy groups -OCH3 is 1. The smallest absolute Gasteiger partial charge is 0.257 e. The Balaban J connectivity index is 1.74.